The van der Waals surface area contributed by atoms with Crippen molar-refractivity contribution in [2.75, 3.05) is 44.2 Å². The van der Waals surface area contributed by atoms with Crippen LogP contribution in [-0.4, -0.2) is 65.1 Å². The molecule has 2 heterocycles. The third kappa shape index (κ3) is 6.39. The summed E-state index contributed by atoms with van der Waals surface area (Å²) in [5.41, 5.74) is 1.81. The molecule has 8 heteroatoms. The second kappa shape index (κ2) is 12.1. The number of nitrogens with zero attached hydrogens (tertiary/aromatic N) is 2. The summed E-state index contributed by atoms with van der Waals surface area (Å²) in [6, 6.07) is 6.31. The molecule has 0 bridgehead atoms. The van der Waals surface area contributed by atoms with Crippen molar-refractivity contribution < 1.29 is 9.18 Å². The first-order valence-electron chi connectivity index (χ1n) is 10.3. The van der Waals surface area contributed by atoms with Crippen molar-refractivity contribution in [1.29, 1.82) is 0 Å². The molecule has 2 aliphatic heterocycles. The number of thiol groups is 1. The van der Waals surface area contributed by atoms with E-state index in [0.29, 0.717) is 12.1 Å². The van der Waals surface area contributed by atoms with E-state index in [-0.39, 0.29) is 47.6 Å². The molecule has 0 amide bonds. The molecule has 3 fully saturated rings. The van der Waals surface area contributed by atoms with Gasteiger partial charge in [0.1, 0.15) is 5.82 Å². The van der Waals surface area contributed by atoms with E-state index >= 15 is 0 Å². The maximum absolute atomic E-state index is 14.6. The highest BCUT2D eigenvalue weighted by Gasteiger charge is 2.40. The van der Waals surface area contributed by atoms with Crippen LogP contribution in [0.3, 0.4) is 0 Å². The Morgan fingerprint density at radius 1 is 1.17 bits per heavy atom. The average molecular weight is 494 g/mol. The van der Waals surface area contributed by atoms with E-state index in [0.717, 1.165) is 45.4 Å². The molecule has 2 unspecified atom stereocenters. The van der Waals surface area contributed by atoms with Gasteiger partial charge in [0.15, 0.2) is 5.78 Å². The molecule has 0 radical (unpaired) electrons. The van der Waals surface area contributed by atoms with Crippen molar-refractivity contribution in [2.45, 2.75) is 30.6 Å². The third-order valence-electron chi connectivity index (χ3n) is 6.03. The van der Waals surface area contributed by atoms with E-state index in [9.17, 15) is 9.18 Å². The van der Waals surface area contributed by atoms with Gasteiger partial charge in [0.05, 0.1) is 6.04 Å². The Labute approximate surface area is 201 Å². The molecule has 3 nitrogen and oxygen atoms in total. The monoisotopic (exact) mass is 492 g/mol. The summed E-state index contributed by atoms with van der Waals surface area (Å²) in [6.45, 7) is 4.69. The SMILES string of the molecule is Cl.Cl.O=C(C1CC1)C(c1ccccc1F)N1CCC(S)C(=CCN2CCSCC2)C1. The lowest BCUT2D eigenvalue weighted by Gasteiger charge is -2.38. The van der Waals surface area contributed by atoms with Gasteiger partial charge < -0.3 is 0 Å². The van der Waals surface area contributed by atoms with Gasteiger partial charge in [-0.3, -0.25) is 14.6 Å². The molecule has 1 aromatic rings. The lowest BCUT2D eigenvalue weighted by molar-refractivity contribution is -0.126. The molecule has 0 aromatic heterocycles. The molecule has 4 rings (SSSR count). The molecule has 168 valence electrons. The van der Waals surface area contributed by atoms with Gasteiger partial charge >= 0.3 is 0 Å². The molecule has 30 heavy (non-hydrogen) atoms. The van der Waals surface area contributed by atoms with E-state index in [4.69, 9.17) is 12.6 Å². The number of thioether (sulfide) groups is 1. The second-order valence-corrected chi connectivity index (χ2v) is 9.92. The van der Waals surface area contributed by atoms with Crippen molar-refractivity contribution in [3.05, 3.63) is 47.3 Å². The average Bonchev–Trinajstić information content (AvgIpc) is 3.56. The molecule has 0 spiro atoms. The molecule has 0 N–H and O–H groups in total. The zero-order chi connectivity index (χ0) is 19.5. The smallest absolute Gasteiger partial charge is 0.157 e. The summed E-state index contributed by atoms with van der Waals surface area (Å²) < 4.78 is 14.6. The van der Waals surface area contributed by atoms with Crippen molar-refractivity contribution in [3.63, 3.8) is 0 Å². The fourth-order valence-electron chi connectivity index (χ4n) is 4.16. The Kier molecular flexibility index (Phi) is 10.5. The second-order valence-electron chi connectivity index (χ2n) is 8.07. The number of carbonyl (C=O) groups excluding carboxylic acids is 1. The lowest BCUT2D eigenvalue weighted by atomic mass is 9.93. The van der Waals surface area contributed by atoms with Gasteiger partial charge in [0.25, 0.3) is 0 Å². The van der Waals surface area contributed by atoms with Crippen molar-refractivity contribution >= 4 is 55.0 Å². The number of hydrogen-bond donors (Lipinski definition) is 1. The molecular formula is C22H31Cl2FN2OS2. The van der Waals surface area contributed by atoms with Crippen LogP contribution in [0.1, 0.15) is 30.9 Å². The first-order chi connectivity index (χ1) is 13.6. The Bertz CT molecular complexity index is 742. The molecule has 2 atom stereocenters. The van der Waals surface area contributed by atoms with Gasteiger partial charge in [0.2, 0.25) is 0 Å². The van der Waals surface area contributed by atoms with Gasteiger partial charge in [-0.05, 0) is 30.9 Å². The minimum Gasteiger partial charge on any atom is -0.298 e. The number of likely N-dealkylation sites (tertiary alicyclic amines) is 1. The van der Waals surface area contributed by atoms with Crippen molar-refractivity contribution in [1.82, 2.24) is 9.80 Å². The maximum atomic E-state index is 14.6. The minimum absolute atomic E-state index is 0. The van der Waals surface area contributed by atoms with Crippen LogP contribution in [0.4, 0.5) is 4.39 Å². The Morgan fingerprint density at radius 3 is 2.53 bits per heavy atom. The summed E-state index contributed by atoms with van der Waals surface area (Å²) in [5.74, 6) is 2.42. The fraction of sp³-hybridized carbons (Fsp3) is 0.591. The van der Waals surface area contributed by atoms with E-state index < -0.39 is 6.04 Å². The zero-order valence-corrected chi connectivity index (χ0v) is 20.4. The van der Waals surface area contributed by atoms with Crippen LogP contribution in [0.2, 0.25) is 0 Å². The van der Waals surface area contributed by atoms with E-state index in [1.165, 1.54) is 23.1 Å². The number of piperidine rings is 1. The predicted octanol–water partition coefficient (Wildman–Crippen LogP) is 4.67. The van der Waals surface area contributed by atoms with Gasteiger partial charge in [-0.2, -0.15) is 24.4 Å². The number of rotatable bonds is 6. The van der Waals surface area contributed by atoms with Gasteiger partial charge in [-0.1, -0.05) is 24.3 Å². The van der Waals surface area contributed by atoms with Crippen molar-refractivity contribution in [3.8, 4) is 0 Å². The van der Waals surface area contributed by atoms with E-state index in [1.807, 2.05) is 17.8 Å². The van der Waals surface area contributed by atoms with Gasteiger partial charge in [-0.25, -0.2) is 4.39 Å². The Morgan fingerprint density at radius 2 is 1.87 bits per heavy atom. The molecule has 2 saturated heterocycles. The number of hydrogen-bond acceptors (Lipinski definition) is 5. The zero-order valence-electron chi connectivity index (χ0n) is 17.0. The van der Waals surface area contributed by atoms with Crippen LogP contribution in [-0.2, 0) is 4.79 Å². The topological polar surface area (TPSA) is 23.6 Å². The summed E-state index contributed by atoms with van der Waals surface area (Å²) in [5, 5.41) is 0.229. The van der Waals surface area contributed by atoms with Gasteiger partial charge in [0, 0.05) is 61.0 Å². The van der Waals surface area contributed by atoms with Crippen LogP contribution in [0.25, 0.3) is 0 Å². The van der Waals surface area contributed by atoms with Crippen LogP contribution in [0.5, 0.6) is 0 Å². The van der Waals surface area contributed by atoms with Crippen LogP contribution < -0.4 is 0 Å². The molecule has 1 aromatic carbocycles. The number of carbonyl (C=O) groups is 1. The maximum Gasteiger partial charge on any atom is 0.157 e. The van der Waals surface area contributed by atoms with E-state index in [1.54, 1.807) is 12.1 Å². The molecule has 1 saturated carbocycles. The van der Waals surface area contributed by atoms with E-state index in [2.05, 4.69) is 15.9 Å². The quantitative estimate of drug-likeness (QED) is 0.460. The van der Waals surface area contributed by atoms with Gasteiger partial charge in [-0.15, -0.1) is 24.8 Å². The number of benzene rings is 1. The number of halogens is 3. The van der Waals surface area contributed by atoms with Crippen molar-refractivity contribution in [2.24, 2.45) is 5.92 Å². The normalized spacial score (nSPS) is 25.3. The Hall–Kier alpha value is -0.240. The number of Topliss-reactive ketones (excluding diaryl/α,β-unsaturated/α-hetero) is 1. The first-order valence-corrected chi connectivity index (χ1v) is 12.0. The summed E-state index contributed by atoms with van der Waals surface area (Å²) in [4.78, 5) is 17.8. The first kappa shape index (κ1) is 26.0. The van der Waals surface area contributed by atoms with Crippen LogP contribution >= 0.6 is 49.2 Å². The fourth-order valence-corrected chi connectivity index (χ4v) is 5.44. The molecule has 3 aliphatic rings. The largest absolute Gasteiger partial charge is 0.298 e. The summed E-state index contributed by atoms with van der Waals surface area (Å²) in [6.07, 6.45) is 5.10. The van der Waals surface area contributed by atoms with Crippen LogP contribution in [0, 0.1) is 11.7 Å². The third-order valence-corrected chi connectivity index (χ3v) is 7.57. The molecular weight excluding hydrogens is 462 g/mol. The Balaban J connectivity index is 0.00000160. The number of ketones is 1. The standard InChI is InChI=1S/C22H29FN2OS2.2ClH/c23-19-4-2-1-3-18(19)21(22(26)16-5-6-16)25-10-8-20(27)17(15-25)7-9-24-11-13-28-14-12-24;;/h1-4,7,16,20-21,27H,5-6,8-15H2;2*1H. The predicted molar refractivity (Wildman–Crippen MR) is 132 cm³/mol. The summed E-state index contributed by atoms with van der Waals surface area (Å²) in [7, 11) is 0. The molecule has 1 aliphatic carbocycles. The highest BCUT2D eigenvalue weighted by atomic mass is 35.5. The lowest BCUT2D eigenvalue weighted by Crippen LogP contribution is -2.43. The summed E-state index contributed by atoms with van der Waals surface area (Å²) >= 11 is 6.82. The minimum atomic E-state index is -0.468. The highest BCUT2D eigenvalue weighted by molar-refractivity contribution is 7.99. The highest BCUT2D eigenvalue weighted by Crippen LogP contribution is 2.39. The van der Waals surface area contributed by atoms with Crippen LogP contribution in [0.15, 0.2) is 35.9 Å².